The molecule has 0 spiro atoms. The molecule has 1 aromatic carbocycles. The normalized spacial score (nSPS) is 11.8. The fourth-order valence-electron chi connectivity index (χ4n) is 2.13. The molecule has 5 nitrogen and oxygen atoms in total. The first-order chi connectivity index (χ1) is 10.1. The molecule has 0 aromatic heterocycles. The van der Waals surface area contributed by atoms with Crippen molar-refractivity contribution >= 4 is 11.6 Å². The minimum atomic E-state index is 0.585. The number of benzene rings is 1. The maximum absolute atomic E-state index is 5.92. The van der Waals surface area contributed by atoms with Gasteiger partial charge in [-0.2, -0.15) is 0 Å². The molecule has 0 amide bonds. The highest BCUT2D eigenvalue weighted by Gasteiger charge is 2.13. The Balaban J connectivity index is 2.96. The van der Waals surface area contributed by atoms with Gasteiger partial charge in [0, 0.05) is 18.3 Å². The Hall–Kier alpha value is -1.75. The molecule has 118 valence electrons. The van der Waals surface area contributed by atoms with E-state index in [1.54, 1.807) is 14.2 Å². The van der Waals surface area contributed by atoms with E-state index in [0.717, 1.165) is 30.8 Å². The number of hydrogen-bond acceptors (Lipinski definition) is 5. The molecule has 1 aromatic rings. The van der Waals surface area contributed by atoms with E-state index in [9.17, 15) is 0 Å². The van der Waals surface area contributed by atoms with Crippen molar-refractivity contribution in [2.75, 3.05) is 46.1 Å². The van der Waals surface area contributed by atoms with Crippen molar-refractivity contribution in [2.45, 2.75) is 20.8 Å². The van der Waals surface area contributed by atoms with Crippen LogP contribution in [0.5, 0.6) is 5.75 Å². The second-order valence-corrected chi connectivity index (χ2v) is 4.83. The lowest BCUT2D eigenvalue weighted by atomic mass is 10.1. The van der Waals surface area contributed by atoms with E-state index in [0.29, 0.717) is 23.9 Å². The Bertz CT molecular complexity index is 483. The molecule has 0 saturated heterocycles. The highest BCUT2D eigenvalue weighted by atomic mass is 16.5. The van der Waals surface area contributed by atoms with Gasteiger partial charge in [-0.1, -0.05) is 13.8 Å². The lowest BCUT2D eigenvalue weighted by molar-refractivity contribution is 0.311. The quantitative estimate of drug-likeness (QED) is 0.476. The smallest absolute Gasteiger partial charge is 0.219 e. The number of ether oxygens (including phenoxy) is 2. The van der Waals surface area contributed by atoms with E-state index in [2.05, 4.69) is 23.7 Å². The minimum Gasteiger partial charge on any atom is -0.496 e. The molecule has 1 rings (SSSR count). The molecule has 0 atom stereocenters. The first-order valence-electron chi connectivity index (χ1n) is 7.32. The van der Waals surface area contributed by atoms with Crippen molar-refractivity contribution in [2.24, 2.45) is 4.99 Å². The number of likely N-dealkylation sites (N-methyl/N-ethyl adjacent to an activating group) is 1. The predicted molar refractivity (Wildman–Crippen MR) is 88.3 cm³/mol. The highest BCUT2D eigenvalue weighted by Crippen LogP contribution is 2.25. The van der Waals surface area contributed by atoms with Crippen LogP contribution in [0.4, 0.5) is 5.69 Å². The van der Waals surface area contributed by atoms with Gasteiger partial charge in [-0.05, 0) is 31.6 Å². The molecule has 0 aliphatic heterocycles. The summed E-state index contributed by atoms with van der Waals surface area (Å²) in [5.41, 5.74) is 8.44. The molecule has 0 radical (unpaired) electrons. The fourth-order valence-corrected chi connectivity index (χ4v) is 2.13. The highest BCUT2D eigenvalue weighted by molar-refractivity contribution is 5.97. The van der Waals surface area contributed by atoms with Crippen LogP contribution >= 0.6 is 0 Å². The third-order valence-corrected chi connectivity index (χ3v) is 3.58. The van der Waals surface area contributed by atoms with Crippen LogP contribution in [0.15, 0.2) is 17.1 Å². The number of rotatable bonds is 7. The number of anilines is 1. The van der Waals surface area contributed by atoms with Gasteiger partial charge in [0.2, 0.25) is 5.90 Å². The van der Waals surface area contributed by atoms with Crippen molar-refractivity contribution in [3.05, 3.63) is 23.3 Å². The summed E-state index contributed by atoms with van der Waals surface area (Å²) in [6.45, 7) is 9.92. The van der Waals surface area contributed by atoms with Crippen LogP contribution in [-0.4, -0.2) is 51.2 Å². The van der Waals surface area contributed by atoms with Crippen molar-refractivity contribution < 1.29 is 9.47 Å². The zero-order valence-corrected chi connectivity index (χ0v) is 13.8. The monoisotopic (exact) mass is 293 g/mol. The standard InChI is InChI=1S/C16H27N3O2/c1-6-19(7-2)9-8-18-16(21-5)13-10-12(3)14(17)11-15(13)20-4/h10-11H,6-9,17H2,1-5H3. The lowest BCUT2D eigenvalue weighted by Gasteiger charge is -2.17. The van der Waals surface area contributed by atoms with Gasteiger partial charge in [-0.15, -0.1) is 0 Å². The zero-order chi connectivity index (χ0) is 15.8. The molecule has 21 heavy (non-hydrogen) atoms. The Kier molecular flexibility index (Phi) is 7.02. The molecule has 0 aliphatic carbocycles. The summed E-state index contributed by atoms with van der Waals surface area (Å²) in [6, 6.07) is 3.76. The van der Waals surface area contributed by atoms with Gasteiger partial charge >= 0.3 is 0 Å². The second-order valence-electron chi connectivity index (χ2n) is 4.83. The number of methoxy groups -OCH3 is 2. The van der Waals surface area contributed by atoms with Gasteiger partial charge in [0.25, 0.3) is 0 Å². The van der Waals surface area contributed by atoms with Gasteiger partial charge in [0.15, 0.2) is 0 Å². The summed E-state index contributed by atoms with van der Waals surface area (Å²) < 4.78 is 10.8. The minimum absolute atomic E-state index is 0.585. The fraction of sp³-hybridized carbons (Fsp3) is 0.562. The van der Waals surface area contributed by atoms with Crippen LogP contribution in [-0.2, 0) is 4.74 Å². The topological polar surface area (TPSA) is 60.1 Å². The lowest BCUT2D eigenvalue weighted by Crippen LogP contribution is -2.26. The van der Waals surface area contributed by atoms with E-state index in [-0.39, 0.29) is 0 Å². The molecule has 2 N–H and O–H groups in total. The van der Waals surface area contributed by atoms with Crippen LogP contribution in [0.1, 0.15) is 25.0 Å². The Morgan fingerprint density at radius 1 is 1.24 bits per heavy atom. The first-order valence-corrected chi connectivity index (χ1v) is 7.32. The molecular weight excluding hydrogens is 266 g/mol. The van der Waals surface area contributed by atoms with Crippen LogP contribution in [0, 0.1) is 6.92 Å². The van der Waals surface area contributed by atoms with Crippen LogP contribution in [0.3, 0.4) is 0 Å². The summed E-state index contributed by atoms with van der Waals surface area (Å²) in [4.78, 5) is 6.88. The Labute approximate surface area is 127 Å². The zero-order valence-electron chi connectivity index (χ0n) is 13.8. The summed E-state index contributed by atoms with van der Waals surface area (Å²) in [7, 11) is 3.25. The summed E-state index contributed by atoms with van der Waals surface area (Å²) in [5, 5.41) is 0. The molecular formula is C16H27N3O2. The van der Waals surface area contributed by atoms with Crippen LogP contribution < -0.4 is 10.5 Å². The number of aryl methyl sites for hydroxylation is 1. The van der Waals surface area contributed by atoms with Gasteiger partial charge in [0.1, 0.15) is 5.75 Å². The van der Waals surface area contributed by atoms with Crippen molar-refractivity contribution in [1.29, 1.82) is 0 Å². The van der Waals surface area contributed by atoms with Gasteiger partial charge in [-0.25, -0.2) is 4.99 Å². The molecule has 0 fully saturated rings. The maximum Gasteiger partial charge on any atom is 0.219 e. The van der Waals surface area contributed by atoms with Gasteiger partial charge in [-0.3, -0.25) is 0 Å². The Morgan fingerprint density at radius 2 is 1.90 bits per heavy atom. The molecule has 0 saturated carbocycles. The van der Waals surface area contributed by atoms with E-state index in [1.165, 1.54) is 0 Å². The van der Waals surface area contributed by atoms with E-state index >= 15 is 0 Å². The largest absolute Gasteiger partial charge is 0.496 e. The molecule has 0 heterocycles. The van der Waals surface area contributed by atoms with E-state index in [1.807, 2.05) is 19.1 Å². The second kappa shape index (κ2) is 8.52. The molecule has 0 aliphatic rings. The average Bonchev–Trinajstić information content (AvgIpc) is 2.50. The predicted octanol–water partition coefficient (Wildman–Crippen LogP) is 2.32. The summed E-state index contributed by atoms with van der Waals surface area (Å²) >= 11 is 0. The molecule has 5 heteroatoms. The van der Waals surface area contributed by atoms with Gasteiger partial charge < -0.3 is 20.1 Å². The van der Waals surface area contributed by atoms with Crippen molar-refractivity contribution in [1.82, 2.24) is 4.90 Å². The van der Waals surface area contributed by atoms with Crippen molar-refractivity contribution in [3.8, 4) is 5.75 Å². The Morgan fingerprint density at radius 3 is 2.43 bits per heavy atom. The SMILES string of the molecule is CCN(CC)CCN=C(OC)c1cc(C)c(N)cc1OC. The van der Waals surface area contributed by atoms with Crippen LogP contribution in [0.25, 0.3) is 0 Å². The number of hydrogen-bond donors (Lipinski definition) is 1. The van der Waals surface area contributed by atoms with Crippen molar-refractivity contribution in [3.63, 3.8) is 0 Å². The molecule has 0 unspecified atom stereocenters. The van der Waals surface area contributed by atoms with Gasteiger partial charge in [0.05, 0.1) is 26.3 Å². The third-order valence-electron chi connectivity index (χ3n) is 3.58. The van der Waals surface area contributed by atoms with Crippen LogP contribution in [0.2, 0.25) is 0 Å². The van der Waals surface area contributed by atoms with E-state index in [4.69, 9.17) is 15.2 Å². The number of nitrogens with zero attached hydrogens (tertiary/aromatic N) is 2. The summed E-state index contributed by atoms with van der Waals surface area (Å²) in [5.74, 6) is 1.27. The summed E-state index contributed by atoms with van der Waals surface area (Å²) in [6.07, 6.45) is 0. The third kappa shape index (κ3) is 4.63. The number of aliphatic imine (C=N–C) groups is 1. The maximum atomic E-state index is 5.92. The first kappa shape index (κ1) is 17.3. The number of nitrogen functional groups attached to an aromatic ring is 1. The average molecular weight is 293 g/mol. The molecule has 0 bridgehead atoms. The van der Waals surface area contributed by atoms with E-state index < -0.39 is 0 Å². The number of nitrogens with two attached hydrogens (primary N) is 1.